The van der Waals surface area contributed by atoms with E-state index in [4.69, 9.17) is 9.72 Å². The molecule has 1 fully saturated rings. The van der Waals surface area contributed by atoms with Gasteiger partial charge in [0.1, 0.15) is 5.65 Å². The zero-order valence-electron chi connectivity index (χ0n) is 16.7. The van der Waals surface area contributed by atoms with Gasteiger partial charge in [-0.2, -0.15) is 4.98 Å². The van der Waals surface area contributed by atoms with E-state index in [2.05, 4.69) is 45.4 Å². The number of rotatable bonds is 5. The number of H-pyrrole nitrogens is 1. The summed E-state index contributed by atoms with van der Waals surface area (Å²) in [6.07, 6.45) is 8.73. The number of aromatic amines is 1. The van der Waals surface area contributed by atoms with Gasteiger partial charge in [0.15, 0.2) is 0 Å². The fourth-order valence-corrected chi connectivity index (χ4v) is 5.08. The molecule has 0 bridgehead atoms. The Hall–Kier alpha value is -2.51. The quantitative estimate of drug-likeness (QED) is 0.469. The average Bonchev–Trinajstić information content (AvgIpc) is 3.31. The summed E-state index contributed by atoms with van der Waals surface area (Å²) < 4.78 is 6.95. The van der Waals surface area contributed by atoms with E-state index in [-0.39, 0.29) is 0 Å². The van der Waals surface area contributed by atoms with Crippen LogP contribution in [0.5, 0.6) is 0 Å². The number of aryl methyl sites for hydroxylation is 1. The zero-order valence-corrected chi connectivity index (χ0v) is 17.6. The van der Waals surface area contributed by atoms with Gasteiger partial charge < -0.3 is 15.0 Å². The zero-order chi connectivity index (χ0) is 19.8. The van der Waals surface area contributed by atoms with Crippen LogP contribution in [0.1, 0.15) is 37.6 Å². The molecular weight excluding hydrogens is 382 g/mol. The molecule has 0 spiro atoms. The second-order valence-electron chi connectivity index (χ2n) is 7.65. The molecule has 1 saturated carbocycles. The maximum absolute atomic E-state index is 5.74. The fourth-order valence-electron chi connectivity index (χ4n) is 4.22. The highest BCUT2D eigenvalue weighted by molar-refractivity contribution is 7.18. The number of fused-ring (bicyclic) bond motifs is 2. The van der Waals surface area contributed by atoms with Crippen molar-refractivity contribution in [2.45, 2.75) is 51.7 Å². The van der Waals surface area contributed by atoms with Gasteiger partial charge in [-0.3, -0.25) is 0 Å². The van der Waals surface area contributed by atoms with Gasteiger partial charge in [-0.15, -0.1) is 11.3 Å². The van der Waals surface area contributed by atoms with Crippen LogP contribution in [0.4, 0.5) is 5.95 Å². The molecule has 150 valence electrons. The molecule has 0 saturated heterocycles. The summed E-state index contributed by atoms with van der Waals surface area (Å²) in [5, 5.41) is 5.63. The molecule has 0 atom stereocenters. The third-order valence-corrected chi connectivity index (χ3v) is 6.58. The Labute approximate surface area is 173 Å². The number of anilines is 1. The standard InChI is InChI=1S/C22H25N5OS/c1-3-28-16-7-5-15(6-8-16)26-22-24-12-18-17(11-23-21(18)27-22)14-4-9-19-20(10-14)29-13(2)25-19/h4,9-12,15-16H,3,5-8H2,1-2H3,(H2,23,24,26,27). The van der Waals surface area contributed by atoms with E-state index in [1.54, 1.807) is 11.3 Å². The van der Waals surface area contributed by atoms with Crippen LogP contribution >= 0.6 is 11.3 Å². The highest BCUT2D eigenvalue weighted by Crippen LogP contribution is 2.32. The van der Waals surface area contributed by atoms with Gasteiger partial charge in [0, 0.05) is 36.0 Å². The van der Waals surface area contributed by atoms with Crippen LogP contribution in [-0.2, 0) is 4.74 Å². The van der Waals surface area contributed by atoms with E-state index in [1.807, 2.05) is 19.3 Å². The maximum atomic E-state index is 5.74. The number of nitrogens with one attached hydrogen (secondary N) is 2. The number of aromatic nitrogens is 4. The minimum absolute atomic E-state index is 0.409. The first-order valence-corrected chi connectivity index (χ1v) is 11.1. The molecule has 7 heteroatoms. The lowest BCUT2D eigenvalue weighted by Gasteiger charge is -2.28. The van der Waals surface area contributed by atoms with Crippen molar-refractivity contribution < 1.29 is 4.74 Å². The van der Waals surface area contributed by atoms with E-state index in [9.17, 15) is 0 Å². The maximum Gasteiger partial charge on any atom is 0.224 e. The van der Waals surface area contributed by atoms with Crippen molar-refractivity contribution in [3.05, 3.63) is 35.6 Å². The van der Waals surface area contributed by atoms with Gasteiger partial charge in [0.05, 0.1) is 21.3 Å². The Balaban J connectivity index is 1.35. The summed E-state index contributed by atoms with van der Waals surface area (Å²) in [7, 11) is 0. The van der Waals surface area contributed by atoms with Crippen LogP contribution < -0.4 is 5.32 Å². The van der Waals surface area contributed by atoms with Crippen LogP contribution in [-0.4, -0.2) is 38.7 Å². The van der Waals surface area contributed by atoms with Crippen molar-refractivity contribution in [1.29, 1.82) is 0 Å². The first-order valence-electron chi connectivity index (χ1n) is 10.3. The van der Waals surface area contributed by atoms with E-state index in [0.717, 1.165) is 65.0 Å². The average molecular weight is 408 g/mol. The molecule has 3 aromatic heterocycles. The predicted molar refractivity (Wildman–Crippen MR) is 119 cm³/mol. The molecule has 1 aromatic carbocycles. The van der Waals surface area contributed by atoms with Crippen LogP contribution in [0.3, 0.4) is 0 Å². The Morgan fingerprint density at radius 2 is 2.07 bits per heavy atom. The van der Waals surface area contributed by atoms with Crippen molar-refractivity contribution in [1.82, 2.24) is 19.9 Å². The topological polar surface area (TPSA) is 75.7 Å². The van der Waals surface area contributed by atoms with E-state index < -0.39 is 0 Å². The normalized spacial score (nSPS) is 19.8. The van der Waals surface area contributed by atoms with Crippen LogP contribution in [0.25, 0.3) is 32.4 Å². The molecule has 4 aromatic rings. The molecule has 0 aliphatic heterocycles. The number of nitrogens with zero attached hydrogens (tertiary/aromatic N) is 3. The lowest BCUT2D eigenvalue weighted by molar-refractivity contribution is 0.0346. The van der Waals surface area contributed by atoms with Gasteiger partial charge in [-0.25, -0.2) is 9.97 Å². The highest BCUT2D eigenvalue weighted by Gasteiger charge is 2.22. The number of benzene rings is 1. The number of ether oxygens (including phenoxy) is 1. The summed E-state index contributed by atoms with van der Waals surface area (Å²) in [5.74, 6) is 0.694. The van der Waals surface area contributed by atoms with Crippen LogP contribution in [0.2, 0.25) is 0 Å². The van der Waals surface area contributed by atoms with Crippen molar-refractivity contribution >= 4 is 38.5 Å². The third kappa shape index (κ3) is 3.72. The summed E-state index contributed by atoms with van der Waals surface area (Å²) in [4.78, 5) is 17.2. The molecule has 0 radical (unpaired) electrons. The van der Waals surface area contributed by atoms with Crippen molar-refractivity contribution in [2.75, 3.05) is 11.9 Å². The number of hydrogen-bond acceptors (Lipinski definition) is 6. The number of hydrogen-bond donors (Lipinski definition) is 2. The van der Waals surface area contributed by atoms with Crippen molar-refractivity contribution in [3.63, 3.8) is 0 Å². The Bertz CT molecular complexity index is 1140. The summed E-state index contributed by atoms with van der Waals surface area (Å²) >= 11 is 1.72. The molecule has 2 N–H and O–H groups in total. The van der Waals surface area contributed by atoms with E-state index in [1.165, 1.54) is 4.70 Å². The molecule has 1 aliphatic rings. The third-order valence-electron chi connectivity index (χ3n) is 5.65. The van der Waals surface area contributed by atoms with Gasteiger partial charge in [0.2, 0.25) is 5.95 Å². The minimum atomic E-state index is 0.409. The fraction of sp³-hybridized carbons (Fsp3) is 0.409. The second kappa shape index (κ2) is 7.72. The van der Waals surface area contributed by atoms with Gasteiger partial charge in [-0.1, -0.05) is 6.07 Å². The molecule has 0 unspecified atom stereocenters. The van der Waals surface area contributed by atoms with Gasteiger partial charge in [-0.05, 0) is 57.2 Å². The van der Waals surface area contributed by atoms with E-state index in [0.29, 0.717) is 18.1 Å². The SMILES string of the molecule is CCOC1CCC(Nc2ncc3c(-c4ccc5nc(C)sc5c4)c[nH]c3n2)CC1. The smallest absolute Gasteiger partial charge is 0.224 e. The second-order valence-corrected chi connectivity index (χ2v) is 8.88. The molecule has 6 nitrogen and oxygen atoms in total. The van der Waals surface area contributed by atoms with E-state index >= 15 is 0 Å². The van der Waals surface area contributed by atoms with Gasteiger partial charge in [0.25, 0.3) is 0 Å². The minimum Gasteiger partial charge on any atom is -0.379 e. The lowest BCUT2D eigenvalue weighted by Crippen LogP contribution is -2.30. The number of thiazole rings is 1. The molecule has 1 aliphatic carbocycles. The Morgan fingerprint density at radius 3 is 2.90 bits per heavy atom. The monoisotopic (exact) mass is 407 g/mol. The summed E-state index contributed by atoms with van der Waals surface area (Å²) in [6.45, 7) is 4.91. The van der Waals surface area contributed by atoms with Gasteiger partial charge >= 0.3 is 0 Å². The first-order chi connectivity index (χ1) is 14.2. The predicted octanol–water partition coefficient (Wildman–Crippen LogP) is 5.30. The lowest BCUT2D eigenvalue weighted by atomic mass is 9.93. The molecule has 3 heterocycles. The molecule has 5 rings (SSSR count). The van der Waals surface area contributed by atoms with Crippen molar-refractivity contribution in [2.24, 2.45) is 0 Å². The van der Waals surface area contributed by atoms with Crippen LogP contribution in [0.15, 0.2) is 30.6 Å². The highest BCUT2D eigenvalue weighted by atomic mass is 32.1. The molecular formula is C22H25N5OS. The Morgan fingerprint density at radius 1 is 1.21 bits per heavy atom. The molecule has 0 amide bonds. The first kappa shape index (κ1) is 18.5. The Kier molecular flexibility index (Phi) is 4.93. The largest absolute Gasteiger partial charge is 0.379 e. The van der Waals surface area contributed by atoms with Crippen LogP contribution in [0, 0.1) is 6.92 Å². The molecule has 29 heavy (non-hydrogen) atoms. The van der Waals surface area contributed by atoms with Crippen molar-refractivity contribution in [3.8, 4) is 11.1 Å². The summed E-state index contributed by atoms with van der Waals surface area (Å²) in [6, 6.07) is 6.82. The summed E-state index contributed by atoms with van der Waals surface area (Å²) in [5.41, 5.74) is 4.20.